The molecule has 0 amide bonds. The van der Waals surface area contributed by atoms with Gasteiger partial charge in [-0.15, -0.1) is 11.3 Å². The van der Waals surface area contributed by atoms with E-state index in [-0.39, 0.29) is 16.7 Å². The van der Waals surface area contributed by atoms with Crippen LogP contribution in [0.3, 0.4) is 0 Å². The van der Waals surface area contributed by atoms with Crippen molar-refractivity contribution >= 4 is 17.0 Å². The summed E-state index contributed by atoms with van der Waals surface area (Å²) in [6, 6.07) is 6.87. The molecule has 2 rings (SSSR count). The maximum Gasteiger partial charge on any atom is 0.269 e. The van der Waals surface area contributed by atoms with Crippen molar-refractivity contribution in [3.05, 3.63) is 56.0 Å². The molecule has 19 heavy (non-hydrogen) atoms. The quantitative estimate of drug-likeness (QED) is 0.674. The fraction of sp³-hybridized carbons (Fsp3) is 0.308. The lowest BCUT2D eigenvalue weighted by Gasteiger charge is -2.13. The third-order valence-corrected chi connectivity index (χ3v) is 3.94. The van der Waals surface area contributed by atoms with Crippen LogP contribution in [0.5, 0.6) is 0 Å². The molecule has 1 aromatic carbocycles. The van der Waals surface area contributed by atoms with Crippen molar-refractivity contribution in [1.29, 1.82) is 0 Å². The third-order valence-electron chi connectivity index (χ3n) is 2.92. The third kappa shape index (κ3) is 3.36. The molecule has 0 aliphatic heterocycles. The van der Waals surface area contributed by atoms with Crippen LogP contribution in [0.25, 0.3) is 0 Å². The molecule has 1 unspecified atom stereocenters. The van der Waals surface area contributed by atoms with E-state index in [1.807, 2.05) is 20.2 Å². The van der Waals surface area contributed by atoms with Gasteiger partial charge in [0, 0.05) is 29.2 Å². The van der Waals surface area contributed by atoms with Gasteiger partial charge in [-0.1, -0.05) is 12.1 Å². The van der Waals surface area contributed by atoms with Gasteiger partial charge in [0.05, 0.1) is 9.93 Å². The van der Waals surface area contributed by atoms with Gasteiger partial charge in [0.1, 0.15) is 0 Å². The number of thiazole rings is 1. The molecule has 2 aromatic rings. The number of non-ortho nitro benzene ring substituents is 1. The average Bonchev–Trinajstić information content (AvgIpc) is 2.83. The van der Waals surface area contributed by atoms with Crippen molar-refractivity contribution in [2.45, 2.75) is 19.4 Å². The lowest BCUT2D eigenvalue weighted by Crippen LogP contribution is -2.17. The lowest BCUT2D eigenvalue weighted by molar-refractivity contribution is -0.384. The van der Waals surface area contributed by atoms with Crippen molar-refractivity contribution in [1.82, 2.24) is 10.3 Å². The Balaban J connectivity index is 2.12. The van der Waals surface area contributed by atoms with Crippen LogP contribution in [0, 0.1) is 17.0 Å². The second kappa shape index (κ2) is 5.90. The molecule has 5 nitrogen and oxygen atoms in total. The van der Waals surface area contributed by atoms with Crippen LogP contribution in [-0.2, 0) is 6.42 Å². The average molecular weight is 277 g/mol. The SMILES string of the molecule is CNC(Cc1ccc([N+](=O)[O-])cc1)c1cnc(C)s1. The molecule has 0 radical (unpaired) electrons. The van der Waals surface area contributed by atoms with Crippen LogP contribution in [0.15, 0.2) is 30.5 Å². The van der Waals surface area contributed by atoms with Crippen molar-refractivity contribution in [3.8, 4) is 0 Å². The standard InChI is InChI=1S/C13H15N3O2S/c1-9-15-8-13(19-9)12(14-2)7-10-3-5-11(6-4-10)16(17)18/h3-6,8,12,14H,7H2,1-2H3. The summed E-state index contributed by atoms with van der Waals surface area (Å²) in [5.74, 6) is 0. The highest BCUT2D eigenvalue weighted by Crippen LogP contribution is 2.24. The van der Waals surface area contributed by atoms with E-state index < -0.39 is 0 Å². The molecule has 6 heteroatoms. The number of aryl methyl sites for hydroxylation is 1. The van der Waals surface area contributed by atoms with Gasteiger partial charge < -0.3 is 5.32 Å². The minimum atomic E-state index is -0.383. The first-order valence-corrected chi connectivity index (χ1v) is 6.74. The Hall–Kier alpha value is -1.79. The molecule has 1 aromatic heterocycles. The summed E-state index contributed by atoms with van der Waals surface area (Å²) >= 11 is 1.67. The van der Waals surface area contributed by atoms with Crippen LogP contribution < -0.4 is 5.32 Å². The van der Waals surface area contributed by atoms with E-state index in [0.717, 1.165) is 17.0 Å². The normalized spacial score (nSPS) is 12.3. The van der Waals surface area contributed by atoms with Crippen molar-refractivity contribution in [2.75, 3.05) is 7.05 Å². The van der Waals surface area contributed by atoms with Crippen molar-refractivity contribution in [2.24, 2.45) is 0 Å². The molecule has 100 valence electrons. The van der Waals surface area contributed by atoms with Crippen molar-refractivity contribution < 1.29 is 4.92 Å². The molecular weight excluding hydrogens is 262 g/mol. The Morgan fingerprint density at radius 3 is 2.58 bits per heavy atom. The molecule has 0 bridgehead atoms. The second-order valence-corrected chi connectivity index (χ2v) is 5.52. The largest absolute Gasteiger partial charge is 0.312 e. The van der Waals surface area contributed by atoms with E-state index in [1.54, 1.807) is 35.6 Å². The van der Waals surface area contributed by atoms with Gasteiger partial charge in [-0.3, -0.25) is 10.1 Å². The first kappa shape index (κ1) is 13.6. The predicted octanol–water partition coefficient (Wildman–Crippen LogP) is 2.86. The Kier molecular flexibility index (Phi) is 4.24. The van der Waals surface area contributed by atoms with Crippen LogP contribution in [0.2, 0.25) is 0 Å². The van der Waals surface area contributed by atoms with E-state index in [2.05, 4.69) is 10.3 Å². The Labute approximate surface area is 115 Å². The maximum absolute atomic E-state index is 10.6. The zero-order valence-corrected chi connectivity index (χ0v) is 11.6. The highest BCUT2D eigenvalue weighted by molar-refractivity contribution is 7.11. The molecule has 0 aliphatic carbocycles. The van der Waals surface area contributed by atoms with E-state index in [9.17, 15) is 10.1 Å². The van der Waals surface area contributed by atoms with Gasteiger partial charge in [-0.25, -0.2) is 4.98 Å². The maximum atomic E-state index is 10.6. The van der Waals surface area contributed by atoms with E-state index >= 15 is 0 Å². The zero-order valence-electron chi connectivity index (χ0n) is 10.8. The van der Waals surface area contributed by atoms with Gasteiger partial charge >= 0.3 is 0 Å². The summed E-state index contributed by atoms with van der Waals surface area (Å²) < 4.78 is 0. The highest BCUT2D eigenvalue weighted by Gasteiger charge is 2.13. The number of nitro benzene ring substituents is 1. The van der Waals surface area contributed by atoms with Gasteiger partial charge in [-0.2, -0.15) is 0 Å². The molecule has 0 saturated heterocycles. The number of aromatic nitrogens is 1. The Morgan fingerprint density at radius 2 is 2.11 bits per heavy atom. The topological polar surface area (TPSA) is 68.1 Å². The first-order valence-electron chi connectivity index (χ1n) is 5.93. The first-order chi connectivity index (χ1) is 9.10. The van der Waals surface area contributed by atoms with E-state index in [4.69, 9.17) is 0 Å². The van der Waals surface area contributed by atoms with Crippen molar-refractivity contribution in [3.63, 3.8) is 0 Å². The lowest BCUT2D eigenvalue weighted by atomic mass is 10.0. The number of likely N-dealkylation sites (N-methyl/N-ethyl adjacent to an activating group) is 1. The number of hydrogen-bond acceptors (Lipinski definition) is 5. The number of nitro groups is 1. The molecule has 1 atom stereocenters. The predicted molar refractivity (Wildman–Crippen MR) is 75.5 cm³/mol. The number of rotatable bonds is 5. The van der Waals surface area contributed by atoms with E-state index in [1.165, 1.54) is 4.88 Å². The van der Waals surface area contributed by atoms with Gasteiger partial charge in [-0.05, 0) is 26.0 Å². The highest BCUT2D eigenvalue weighted by atomic mass is 32.1. The molecule has 0 spiro atoms. The monoisotopic (exact) mass is 277 g/mol. The molecule has 0 fully saturated rings. The Bertz CT molecular complexity index is 566. The van der Waals surface area contributed by atoms with Crippen LogP contribution >= 0.6 is 11.3 Å². The number of nitrogens with one attached hydrogen (secondary N) is 1. The molecule has 1 heterocycles. The molecular formula is C13H15N3O2S. The van der Waals surface area contributed by atoms with Crippen LogP contribution in [-0.4, -0.2) is 17.0 Å². The van der Waals surface area contributed by atoms with Crippen LogP contribution in [0.4, 0.5) is 5.69 Å². The number of nitrogens with zero attached hydrogens (tertiary/aromatic N) is 2. The summed E-state index contributed by atoms with van der Waals surface area (Å²) in [6.07, 6.45) is 2.67. The minimum Gasteiger partial charge on any atom is -0.312 e. The van der Waals surface area contributed by atoms with Gasteiger partial charge in [0.2, 0.25) is 0 Å². The summed E-state index contributed by atoms with van der Waals surface area (Å²) in [5.41, 5.74) is 1.19. The van der Waals surface area contributed by atoms with E-state index in [0.29, 0.717) is 0 Å². The molecule has 0 saturated carbocycles. The summed E-state index contributed by atoms with van der Waals surface area (Å²) in [6.45, 7) is 1.98. The fourth-order valence-corrected chi connectivity index (χ4v) is 2.77. The summed E-state index contributed by atoms with van der Waals surface area (Å²) in [5, 5.41) is 14.9. The smallest absolute Gasteiger partial charge is 0.269 e. The summed E-state index contributed by atoms with van der Waals surface area (Å²) in [4.78, 5) is 15.7. The summed E-state index contributed by atoms with van der Waals surface area (Å²) in [7, 11) is 1.91. The Morgan fingerprint density at radius 1 is 1.42 bits per heavy atom. The zero-order chi connectivity index (χ0) is 13.8. The molecule has 0 aliphatic rings. The molecule has 1 N–H and O–H groups in total. The van der Waals surface area contributed by atoms with Gasteiger partial charge in [0.15, 0.2) is 0 Å². The van der Waals surface area contributed by atoms with Gasteiger partial charge in [0.25, 0.3) is 5.69 Å². The fourth-order valence-electron chi connectivity index (χ4n) is 1.87. The van der Waals surface area contributed by atoms with Crippen LogP contribution in [0.1, 0.15) is 21.5 Å². The number of hydrogen-bond donors (Lipinski definition) is 1. The number of benzene rings is 1. The second-order valence-electron chi connectivity index (χ2n) is 4.25. The minimum absolute atomic E-state index is 0.124.